The van der Waals surface area contributed by atoms with Crippen LogP contribution in [-0.4, -0.2) is 19.1 Å². The van der Waals surface area contributed by atoms with Crippen LogP contribution in [0.4, 0.5) is 5.69 Å². The number of para-hydroxylation sites is 1. The summed E-state index contributed by atoms with van der Waals surface area (Å²) in [6, 6.07) is 11.5. The summed E-state index contributed by atoms with van der Waals surface area (Å²) in [6.45, 7) is 11.8. The van der Waals surface area contributed by atoms with Crippen molar-refractivity contribution in [1.29, 1.82) is 0 Å². The lowest BCUT2D eigenvalue weighted by molar-refractivity contribution is 0.0948. The molecule has 0 aliphatic carbocycles. The number of hydrogen-bond donors (Lipinski definition) is 1. The first-order valence-corrected chi connectivity index (χ1v) is 9.13. The van der Waals surface area contributed by atoms with Crippen molar-refractivity contribution in [3.8, 4) is 5.75 Å². The van der Waals surface area contributed by atoms with Crippen LogP contribution in [0.2, 0.25) is 0 Å². The van der Waals surface area contributed by atoms with Crippen molar-refractivity contribution in [2.24, 2.45) is 5.92 Å². The number of nitrogens with one attached hydrogen (secondary N) is 1. The predicted octanol–water partition coefficient (Wildman–Crippen LogP) is 5.13. The predicted molar refractivity (Wildman–Crippen MR) is 106 cm³/mol. The second-order valence-corrected chi connectivity index (χ2v) is 6.89. The number of anilines is 1. The molecule has 0 unspecified atom stereocenters. The van der Waals surface area contributed by atoms with Crippen molar-refractivity contribution in [3.63, 3.8) is 0 Å². The lowest BCUT2D eigenvalue weighted by Crippen LogP contribution is -2.14. The molecule has 0 heterocycles. The number of rotatable bonds is 8. The van der Waals surface area contributed by atoms with Gasteiger partial charge in [-0.3, -0.25) is 4.79 Å². The zero-order chi connectivity index (χ0) is 19.1. The molecular weight excluding hydrogens is 326 g/mol. The summed E-state index contributed by atoms with van der Waals surface area (Å²) in [7, 11) is 0. The smallest absolute Gasteiger partial charge is 0.255 e. The fraction of sp³-hybridized carbons (Fsp3) is 0.409. The minimum Gasteiger partial charge on any atom is -0.494 e. The lowest BCUT2D eigenvalue weighted by atomic mass is 10.1. The third-order valence-corrected chi connectivity index (χ3v) is 4.05. The standard InChI is InChI=1S/C22H29NO3/c1-6-26-20-11-10-18(12-19(20)14-25-13-15(2)3)22(24)23-21-16(4)8-7-9-17(21)5/h7-12,15H,6,13-14H2,1-5H3,(H,23,24). The Morgan fingerprint density at radius 2 is 1.81 bits per heavy atom. The Hall–Kier alpha value is -2.33. The highest BCUT2D eigenvalue weighted by Gasteiger charge is 2.13. The largest absolute Gasteiger partial charge is 0.494 e. The molecule has 0 bridgehead atoms. The Morgan fingerprint density at radius 1 is 1.12 bits per heavy atom. The Bertz CT molecular complexity index is 733. The van der Waals surface area contributed by atoms with Gasteiger partial charge in [-0.1, -0.05) is 32.0 Å². The third kappa shape index (κ3) is 5.33. The molecule has 0 radical (unpaired) electrons. The number of carbonyl (C=O) groups is 1. The van der Waals surface area contributed by atoms with Gasteiger partial charge in [-0.05, 0) is 56.0 Å². The zero-order valence-electron chi connectivity index (χ0n) is 16.4. The van der Waals surface area contributed by atoms with Gasteiger partial charge >= 0.3 is 0 Å². The van der Waals surface area contributed by atoms with Gasteiger partial charge in [0.25, 0.3) is 5.91 Å². The van der Waals surface area contributed by atoms with Crippen LogP contribution in [0.3, 0.4) is 0 Å². The minimum absolute atomic E-state index is 0.129. The number of ether oxygens (including phenoxy) is 2. The Balaban J connectivity index is 2.21. The molecule has 0 aliphatic rings. The summed E-state index contributed by atoms with van der Waals surface area (Å²) >= 11 is 0. The topological polar surface area (TPSA) is 47.6 Å². The molecule has 140 valence electrons. The molecule has 0 saturated heterocycles. The molecule has 0 saturated carbocycles. The van der Waals surface area contributed by atoms with Crippen molar-refractivity contribution >= 4 is 11.6 Å². The summed E-state index contributed by atoms with van der Waals surface area (Å²) in [4.78, 5) is 12.7. The van der Waals surface area contributed by atoms with Crippen molar-refractivity contribution in [3.05, 3.63) is 58.7 Å². The first kappa shape index (κ1) is 20.0. The van der Waals surface area contributed by atoms with Gasteiger partial charge in [0.05, 0.1) is 13.2 Å². The van der Waals surface area contributed by atoms with Gasteiger partial charge in [0, 0.05) is 23.4 Å². The molecule has 26 heavy (non-hydrogen) atoms. The Morgan fingerprint density at radius 3 is 2.42 bits per heavy atom. The van der Waals surface area contributed by atoms with Crippen LogP contribution in [0.5, 0.6) is 5.75 Å². The lowest BCUT2D eigenvalue weighted by Gasteiger charge is -2.15. The molecule has 2 rings (SSSR count). The van der Waals surface area contributed by atoms with E-state index in [0.29, 0.717) is 31.3 Å². The van der Waals surface area contributed by atoms with E-state index in [4.69, 9.17) is 9.47 Å². The molecule has 4 nitrogen and oxygen atoms in total. The first-order valence-electron chi connectivity index (χ1n) is 9.13. The summed E-state index contributed by atoms with van der Waals surface area (Å²) < 4.78 is 11.4. The highest BCUT2D eigenvalue weighted by molar-refractivity contribution is 6.05. The number of aryl methyl sites for hydroxylation is 2. The van der Waals surface area contributed by atoms with E-state index in [1.807, 2.05) is 51.1 Å². The second-order valence-electron chi connectivity index (χ2n) is 6.89. The zero-order valence-corrected chi connectivity index (χ0v) is 16.4. The fourth-order valence-electron chi connectivity index (χ4n) is 2.73. The first-order chi connectivity index (χ1) is 12.4. The molecule has 0 aromatic heterocycles. The molecule has 0 aliphatic heterocycles. The van der Waals surface area contributed by atoms with Gasteiger partial charge in [0.2, 0.25) is 0 Å². The molecule has 2 aromatic rings. The van der Waals surface area contributed by atoms with Crippen LogP contribution in [0, 0.1) is 19.8 Å². The highest BCUT2D eigenvalue weighted by atomic mass is 16.5. The van der Waals surface area contributed by atoms with Gasteiger partial charge in [0.15, 0.2) is 0 Å². The molecule has 1 N–H and O–H groups in total. The number of hydrogen-bond acceptors (Lipinski definition) is 3. The van der Waals surface area contributed by atoms with Crippen LogP contribution < -0.4 is 10.1 Å². The number of benzene rings is 2. The van der Waals surface area contributed by atoms with Crippen LogP contribution in [-0.2, 0) is 11.3 Å². The average molecular weight is 355 g/mol. The van der Waals surface area contributed by atoms with E-state index in [1.54, 1.807) is 6.07 Å². The SMILES string of the molecule is CCOc1ccc(C(=O)Nc2c(C)cccc2C)cc1COCC(C)C. The maximum Gasteiger partial charge on any atom is 0.255 e. The Labute approximate surface area is 156 Å². The molecule has 0 spiro atoms. The summed E-state index contributed by atoms with van der Waals surface area (Å²) in [5, 5.41) is 3.03. The van der Waals surface area contributed by atoms with E-state index in [0.717, 1.165) is 28.1 Å². The van der Waals surface area contributed by atoms with Crippen molar-refractivity contribution in [2.45, 2.75) is 41.2 Å². The summed E-state index contributed by atoms with van der Waals surface area (Å²) in [5.74, 6) is 1.09. The molecular formula is C22H29NO3. The van der Waals surface area contributed by atoms with Crippen LogP contribution in [0.15, 0.2) is 36.4 Å². The van der Waals surface area contributed by atoms with Crippen molar-refractivity contribution < 1.29 is 14.3 Å². The van der Waals surface area contributed by atoms with Gasteiger partial charge in [0.1, 0.15) is 5.75 Å². The molecule has 2 aromatic carbocycles. The van der Waals surface area contributed by atoms with Gasteiger partial charge in [-0.2, -0.15) is 0 Å². The minimum atomic E-state index is -0.129. The normalized spacial score (nSPS) is 10.8. The van der Waals surface area contributed by atoms with E-state index in [9.17, 15) is 4.79 Å². The Kier molecular flexibility index (Phi) is 7.22. The highest BCUT2D eigenvalue weighted by Crippen LogP contribution is 2.24. The molecule has 4 heteroatoms. The quantitative estimate of drug-likeness (QED) is 0.714. The van der Waals surface area contributed by atoms with E-state index < -0.39 is 0 Å². The monoisotopic (exact) mass is 355 g/mol. The summed E-state index contributed by atoms with van der Waals surface area (Å²) in [5.41, 5.74) is 4.44. The molecule has 1 amide bonds. The van der Waals surface area contributed by atoms with Gasteiger partial charge in [-0.15, -0.1) is 0 Å². The average Bonchev–Trinajstić information content (AvgIpc) is 2.59. The van der Waals surface area contributed by atoms with Gasteiger partial charge < -0.3 is 14.8 Å². The van der Waals surface area contributed by atoms with Crippen molar-refractivity contribution in [1.82, 2.24) is 0 Å². The van der Waals surface area contributed by atoms with E-state index in [1.165, 1.54) is 0 Å². The molecule has 0 fully saturated rings. The van der Waals surface area contributed by atoms with E-state index in [2.05, 4.69) is 19.2 Å². The third-order valence-electron chi connectivity index (χ3n) is 4.05. The fourth-order valence-corrected chi connectivity index (χ4v) is 2.73. The van der Waals surface area contributed by atoms with Crippen LogP contribution in [0.25, 0.3) is 0 Å². The maximum absolute atomic E-state index is 12.7. The molecule has 0 atom stereocenters. The van der Waals surface area contributed by atoms with E-state index in [-0.39, 0.29) is 5.91 Å². The number of carbonyl (C=O) groups excluding carboxylic acids is 1. The van der Waals surface area contributed by atoms with E-state index >= 15 is 0 Å². The summed E-state index contributed by atoms with van der Waals surface area (Å²) in [6.07, 6.45) is 0. The maximum atomic E-state index is 12.7. The second kappa shape index (κ2) is 9.39. The van der Waals surface area contributed by atoms with Crippen LogP contribution >= 0.6 is 0 Å². The van der Waals surface area contributed by atoms with Crippen LogP contribution in [0.1, 0.15) is 47.8 Å². The number of amides is 1. The van der Waals surface area contributed by atoms with Gasteiger partial charge in [-0.25, -0.2) is 0 Å². The van der Waals surface area contributed by atoms with Crippen molar-refractivity contribution in [2.75, 3.05) is 18.5 Å².